The summed E-state index contributed by atoms with van der Waals surface area (Å²) in [6.07, 6.45) is 1.89. The van der Waals surface area contributed by atoms with Crippen LogP contribution < -0.4 is 5.73 Å². The van der Waals surface area contributed by atoms with Crippen LogP contribution in [0.3, 0.4) is 0 Å². The molecule has 0 amide bonds. The van der Waals surface area contributed by atoms with Gasteiger partial charge in [0.1, 0.15) is 0 Å². The average Bonchev–Trinajstić information content (AvgIpc) is 3.04. The molecule has 1 aliphatic heterocycles. The van der Waals surface area contributed by atoms with Crippen LogP contribution in [0.2, 0.25) is 0 Å². The number of sulfonamides is 1. The predicted molar refractivity (Wildman–Crippen MR) is 85.5 cm³/mol. The van der Waals surface area contributed by atoms with Gasteiger partial charge in [-0.1, -0.05) is 0 Å². The third kappa shape index (κ3) is 2.64. The molecular formula is C15H21N3O4S. The fourth-order valence-electron chi connectivity index (χ4n) is 3.78. The van der Waals surface area contributed by atoms with Gasteiger partial charge in [-0.3, -0.25) is 10.1 Å². The number of rotatable bonds is 3. The molecule has 126 valence electrons. The van der Waals surface area contributed by atoms with Gasteiger partial charge in [-0.25, -0.2) is 8.42 Å². The van der Waals surface area contributed by atoms with E-state index in [9.17, 15) is 18.5 Å². The van der Waals surface area contributed by atoms with Crippen molar-refractivity contribution >= 4 is 15.7 Å². The number of hydrogen-bond acceptors (Lipinski definition) is 5. The first-order valence-corrected chi connectivity index (χ1v) is 9.17. The Morgan fingerprint density at radius 1 is 1.26 bits per heavy atom. The minimum Gasteiger partial charge on any atom is -0.327 e. The van der Waals surface area contributed by atoms with Gasteiger partial charge in [-0.05, 0) is 49.7 Å². The summed E-state index contributed by atoms with van der Waals surface area (Å²) in [5.74, 6) is 0.504. The van der Waals surface area contributed by atoms with Crippen LogP contribution in [-0.4, -0.2) is 36.8 Å². The topological polar surface area (TPSA) is 107 Å². The average molecular weight is 339 g/mol. The molecule has 1 aliphatic carbocycles. The highest BCUT2D eigenvalue weighted by Gasteiger charge is 2.45. The Bertz CT molecular complexity index is 762. The van der Waals surface area contributed by atoms with Gasteiger partial charge >= 0.3 is 0 Å². The zero-order valence-corrected chi connectivity index (χ0v) is 14.0. The highest BCUT2D eigenvalue weighted by atomic mass is 32.2. The monoisotopic (exact) mass is 339 g/mol. The fraction of sp³-hybridized carbons (Fsp3) is 0.600. The second-order valence-electron chi connectivity index (χ2n) is 6.63. The number of nitro groups is 1. The summed E-state index contributed by atoms with van der Waals surface area (Å²) < 4.78 is 27.4. The summed E-state index contributed by atoms with van der Waals surface area (Å²) in [7, 11) is -3.74. The molecule has 1 saturated carbocycles. The maximum atomic E-state index is 13.0. The van der Waals surface area contributed by atoms with Crippen molar-refractivity contribution in [3.05, 3.63) is 33.4 Å². The standard InChI is InChI=1S/C15H21N3O4S/c1-9-5-12(18(19)20)6-15(10(9)2)23(21,22)17-7-11-3-4-14(16)13(11)8-17/h5-6,11,13-14H,3-4,7-8,16H2,1-2H3. The number of nitro benzene ring substituents is 1. The lowest BCUT2D eigenvalue weighted by atomic mass is 9.98. The Kier molecular flexibility index (Phi) is 3.94. The van der Waals surface area contributed by atoms with Crippen molar-refractivity contribution in [2.24, 2.45) is 17.6 Å². The number of hydrogen-bond donors (Lipinski definition) is 1. The van der Waals surface area contributed by atoms with Gasteiger partial charge < -0.3 is 5.73 Å². The Morgan fingerprint density at radius 3 is 2.57 bits per heavy atom. The van der Waals surface area contributed by atoms with Crippen molar-refractivity contribution in [3.8, 4) is 0 Å². The zero-order valence-electron chi connectivity index (χ0n) is 13.2. The van der Waals surface area contributed by atoms with E-state index in [4.69, 9.17) is 5.73 Å². The van der Waals surface area contributed by atoms with E-state index in [2.05, 4.69) is 0 Å². The summed E-state index contributed by atoms with van der Waals surface area (Å²) in [6.45, 7) is 4.25. The number of non-ortho nitro benzene ring substituents is 1. The number of fused-ring (bicyclic) bond motifs is 1. The van der Waals surface area contributed by atoms with Gasteiger partial charge in [0.05, 0.1) is 9.82 Å². The lowest BCUT2D eigenvalue weighted by Crippen LogP contribution is -2.34. The van der Waals surface area contributed by atoms with Crippen molar-refractivity contribution in [1.29, 1.82) is 0 Å². The molecule has 0 bridgehead atoms. The van der Waals surface area contributed by atoms with E-state index in [0.29, 0.717) is 30.1 Å². The first kappa shape index (κ1) is 16.4. The fourth-order valence-corrected chi connectivity index (χ4v) is 5.64. The van der Waals surface area contributed by atoms with Crippen LogP contribution in [0.1, 0.15) is 24.0 Å². The van der Waals surface area contributed by atoms with E-state index in [1.165, 1.54) is 16.4 Å². The number of nitrogens with two attached hydrogens (primary N) is 1. The van der Waals surface area contributed by atoms with E-state index < -0.39 is 14.9 Å². The largest absolute Gasteiger partial charge is 0.327 e. The molecule has 0 radical (unpaired) electrons. The van der Waals surface area contributed by atoms with Gasteiger partial charge in [0.25, 0.3) is 5.69 Å². The molecule has 7 nitrogen and oxygen atoms in total. The molecule has 3 atom stereocenters. The third-order valence-electron chi connectivity index (χ3n) is 5.31. The third-order valence-corrected chi connectivity index (χ3v) is 7.27. The molecule has 2 N–H and O–H groups in total. The van der Waals surface area contributed by atoms with Crippen LogP contribution in [0.4, 0.5) is 5.69 Å². The first-order chi connectivity index (χ1) is 10.7. The van der Waals surface area contributed by atoms with Gasteiger partial charge in [0, 0.05) is 31.3 Å². The molecule has 8 heteroatoms. The second kappa shape index (κ2) is 5.54. The van der Waals surface area contributed by atoms with Crippen molar-refractivity contribution in [2.45, 2.75) is 37.6 Å². The van der Waals surface area contributed by atoms with Crippen molar-refractivity contribution < 1.29 is 13.3 Å². The Balaban J connectivity index is 1.99. The highest BCUT2D eigenvalue weighted by Crippen LogP contribution is 2.40. The smallest absolute Gasteiger partial charge is 0.271 e. The van der Waals surface area contributed by atoms with E-state index >= 15 is 0 Å². The molecule has 23 heavy (non-hydrogen) atoms. The molecular weight excluding hydrogens is 318 g/mol. The molecule has 1 heterocycles. The molecule has 2 fully saturated rings. The van der Waals surface area contributed by atoms with Gasteiger partial charge in [0.15, 0.2) is 0 Å². The highest BCUT2D eigenvalue weighted by molar-refractivity contribution is 7.89. The van der Waals surface area contributed by atoms with Gasteiger partial charge in [-0.15, -0.1) is 0 Å². The van der Waals surface area contributed by atoms with Crippen molar-refractivity contribution in [1.82, 2.24) is 4.31 Å². The number of aryl methyl sites for hydroxylation is 1. The Hall–Kier alpha value is -1.51. The van der Waals surface area contributed by atoms with Crippen molar-refractivity contribution in [2.75, 3.05) is 13.1 Å². The predicted octanol–water partition coefficient (Wildman–Crippen LogP) is 1.57. The summed E-state index contributed by atoms with van der Waals surface area (Å²) in [5, 5.41) is 11.0. The lowest BCUT2D eigenvalue weighted by molar-refractivity contribution is -0.385. The van der Waals surface area contributed by atoms with Crippen LogP contribution in [-0.2, 0) is 10.0 Å². The molecule has 1 aromatic rings. The van der Waals surface area contributed by atoms with E-state index in [0.717, 1.165) is 12.8 Å². The molecule has 0 spiro atoms. The van der Waals surface area contributed by atoms with E-state index in [1.807, 2.05) is 0 Å². The first-order valence-electron chi connectivity index (χ1n) is 7.73. The maximum Gasteiger partial charge on any atom is 0.271 e. The summed E-state index contributed by atoms with van der Waals surface area (Å²) in [5.41, 5.74) is 7.05. The summed E-state index contributed by atoms with van der Waals surface area (Å²) in [4.78, 5) is 10.5. The SMILES string of the molecule is Cc1cc([N+](=O)[O-])cc(S(=O)(=O)N2CC3CCC(N)C3C2)c1C. The minimum atomic E-state index is -3.74. The Labute approximate surface area is 135 Å². The van der Waals surface area contributed by atoms with Crippen LogP contribution >= 0.6 is 0 Å². The molecule has 2 aliphatic rings. The van der Waals surface area contributed by atoms with Gasteiger partial charge in [0.2, 0.25) is 10.0 Å². The molecule has 3 rings (SSSR count). The van der Waals surface area contributed by atoms with Crippen LogP contribution in [0, 0.1) is 35.8 Å². The van der Waals surface area contributed by atoms with Crippen LogP contribution in [0.25, 0.3) is 0 Å². The maximum absolute atomic E-state index is 13.0. The van der Waals surface area contributed by atoms with Gasteiger partial charge in [-0.2, -0.15) is 4.31 Å². The Morgan fingerprint density at radius 2 is 1.96 bits per heavy atom. The molecule has 3 unspecified atom stereocenters. The molecule has 0 aromatic heterocycles. The normalized spacial score (nSPS) is 28.0. The summed E-state index contributed by atoms with van der Waals surface area (Å²) >= 11 is 0. The van der Waals surface area contributed by atoms with Crippen molar-refractivity contribution in [3.63, 3.8) is 0 Å². The summed E-state index contributed by atoms with van der Waals surface area (Å²) in [6, 6.07) is 2.63. The number of benzene rings is 1. The quantitative estimate of drug-likeness (QED) is 0.664. The van der Waals surface area contributed by atoms with Crippen LogP contribution in [0.15, 0.2) is 17.0 Å². The zero-order chi connectivity index (χ0) is 16.9. The minimum absolute atomic E-state index is 0.0396. The van der Waals surface area contributed by atoms with E-state index in [-0.39, 0.29) is 22.5 Å². The molecule has 1 aromatic carbocycles. The molecule has 1 saturated heterocycles. The lowest BCUT2D eigenvalue weighted by Gasteiger charge is -2.20. The number of nitrogens with zero attached hydrogens (tertiary/aromatic N) is 2. The second-order valence-corrected chi connectivity index (χ2v) is 8.54. The van der Waals surface area contributed by atoms with Crippen LogP contribution in [0.5, 0.6) is 0 Å². The van der Waals surface area contributed by atoms with E-state index in [1.54, 1.807) is 13.8 Å².